The lowest BCUT2D eigenvalue weighted by molar-refractivity contribution is -0.133. The number of nitrogens with zero attached hydrogens (tertiary/aromatic N) is 3. The summed E-state index contributed by atoms with van der Waals surface area (Å²) in [6, 6.07) is 12.3. The number of aryl methyl sites for hydroxylation is 2. The molecule has 0 unspecified atom stereocenters. The SMILES string of the molecule is Cc1ccc(C)n1CC(=O)N1CCC(c2nc3ccccc3[nH]2)CC1. The van der Waals surface area contributed by atoms with Gasteiger partial charge in [0.2, 0.25) is 5.91 Å². The molecule has 25 heavy (non-hydrogen) atoms. The summed E-state index contributed by atoms with van der Waals surface area (Å²) in [7, 11) is 0. The number of rotatable bonds is 3. The second-order valence-corrected chi connectivity index (χ2v) is 7.00. The van der Waals surface area contributed by atoms with Crippen LogP contribution in [0.3, 0.4) is 0 Å². The van der Waals surface area contributed by atoms with Crippen LogP contribution in [0.5, 0.6) is 0 Å². The summed E-state index contributed by atoms with van der Waals surface area (Å²) in [4.78, 5) is 22.8. The number of piperidine rings is 1. The number of carbonyl (C=O) groups excluding carboxylic acids is 1. The van der Waals surface area contributed by atoms with Crippen LogP contribution in [0, 0.1) is 13.8 Å². The van der Waals surface area contributed by atoms with Crippen molar-refractivity contribution in [3.05, 3.63) is 53.6 Å². The molecular weight excluding hydrogens is 312 g/mol. The van der Waals surface area contributed by atoms with Crippen molar-refractivity contribution in [2.75, 3.05) is 13.1 Å². The van der Waals surface area contributed by atoms with Crippen molar-refractivity contribution in [1.29, 1.82) is 0 Å². The van der Waals surface area contributed by atoms with Crippen molar-refractivity contribution in [2.45, 2.75) is 39.2 Å². The van der Waals surface area contributed by atoms with Gasteiger partial charge in [-0.1, -0.05) is 12.1 Å². The minimum atomic E-state index is 0.213. The van der Waals surface area contributed by atoms with E-state index in [4.69, 9.17) is 4.98 Å². The monoisotopic (exact) mass is 336 g/mol. The number of H-pyrrole nitrogens is 1. The second kappa shape index (κ2) is 6.39. The van der Waals surface area contributed by atoms with Crippen LogP contribution in [0.25, 0.3) is 11.0 Å². The maximum atomic E-state index is 12.6. The zero-order valence-electron chi connectivity index (χ0n) is 14.8. The van der Waals surface area contributed by atoms with E-state index in [1.54, 1.807) is 0 Å². The lowest BCUT2D eigenvalue weighted by Crippen LogP contribution is -2.40. The van der Waals surface area contributed by atoms with E-state index in [2.05, 4.69) is 27.8 Å². The number of carbonyl (C=O) groups is 1. The first-order valence-corrected chi connectivity index (χ1v) is 8.97. The van der Waals surface area contributed by atoms with Crippen LogP contribution in [-0.4, -0.2) is 38.4 Å². The Hall–Kier alpha value is -2.56. The average Bonchev–Trinajstić information content (AvgIpc) is 3.20. The molecule has 3 aromatic rings. The third kappa shape index (κ3) is 3.06. The van der Waals surface area contributed by atoms with E-state index in [0.29, 0.717) is 12.5 Å². The maximum absolute atomic E-state index is 12.6. The number of para-hydroxylation sites is 2. The molecule has 1 fully saturated rings. The van der Waals surface area contributed by atoms with E-state index in [9.17, 15) is 4.79 Å². The van der Waals surface area contributed by atoms with E-state index in [1.165, 1.54) is 0 Å². The smallest absolute Gasteiger partial charge is 0.242 e. The Morgan fingerprint density at radius 3 is 2.48 bits per heavy atom. The normalized spacial score (nSPS) is 15.8. The summed E-state index contributed by atoms with van der Waals surface area (Å²) in [5, 5.41) is 0. The van der Waals surface area contributed by atoms with E-state index in [0.717, 1.165) is 54.2 Å². The molecule has 5 heteroatoms. The third-order valence-corrected chi connectivity index (χ3v) is 5.35. The van der Waals surface area contributed by atoms with Crippen LogP contribution in [0.4, 0.5) is 0 Å². The predicted molar refractivity (Wildman–Crippen MR) is 98.6 cm³/mol. The third-order valence-electron chi connectivity index (χ3n) is 5.35. The zero-order valence-corrected chi connectivity index (χ0v) is 14.8. The van der Waals surface area contributed by atoms with Crippen molar-refractivity contribution in [3.8, 4) is 0 Å². The fraction of sp³-hybridized carbons (Fsp3) is 0.400. The van der Waals surface area contributed by atoms with Crippen LogP contribution in [0.2, 0.25) is 0 Å². The first-order chi connectivity index (χ1) is 12.1. The van der Waals surface area contributed by atoms with E-state index in [-0.39, 0.29) is 5.91 Å². The summed E-state index contributed by atoms with van der Waals surface area (Å²) in [5.41, 5.74) is 4.40. The van der Waals surface area contributed by atoms with Gasteiger partial charge in [0.05, 0.1) is 11.0 Å². The fourth-order valence-electron chi connectivity index (χ4n) is 3.75. The number of hydrogen-bond donors (Lipinski definition) is 1. The van der Waals surface area contributed by atoms with Gasteiger partial charge in [-0.05, 0) is 51.0 Å². The zero-order chi connectivity index (χ0) is 17.4. The molecule has 1 saturated heterocycles. The number of aromatic amines is 1. The highest BCUT2D eigenvalue weighted by Crippen LogP contribution is 2.28. The highest BCUT2D eigenvalue weighted by atomic mass is 16.2. The molecular formula is C20H24N4O. The first-order valence-electron chi connectivity index (χ1n) is 8.97. The molecule has 2 aromatic heterocycles. The lowest BCUT2D eigenvalue weighted by atomic mass is 9.96. The molecule has 0 bridgehead atoms. The molecule has 5 nitrogen and oxygen atoms in total. The molecule has 130 valence electrons. The van der Waals surface area contributed by atoms with Crippen molar-refractivity contribution in [3.63, 3.8) is 0 Å². The van der Waals surface area contributed by atoms with E-state index >= 15 is 0 Å². The average molecular weight is 336 g/mol. The number of nitrogens with one attached hydrogen (secondary N) is 1. The largest absolute Gasteiger partial charge is 0.342 e. The van der Waals surface area contributed by atoms with E-state index < -0.39 is 0 Å². The van der Waals surface area contributed by atoms with Gasteiger partial charge < -0.3 is 14.5 Å². The summed E-state index contributed by atoms with van der Waals surface area (Å²) < 4.78 is 2.09. The number of likely N-dealkylation sites (tertiary alicyclic amines) is 1. The summed E-state index contributed by atoms with van der Waals surface area (Å²) in [6.45, 7) is 6.15. The van der Waals surface area contributed by atoms with Gasteiger partial charge in [0.15, 0.2) is 0 Å². The van der Waals surface area contributed by atoms with Crippen molar-refractivity contribution < 1.29 is 4.79 Å². The van der Waals surface area contributed by atoms with Gasteiger partial charge in [0.25, 0.3) is 0 Å². The molecule has 0 saturated carbocycles. The molecule has 1 aromatic carbocycles. The molecule has 1 amide bonds. The van der Waals surface area contributed by atoms with Crippen molar-refractivity contribution in [1.82, 2.24) is 19.4 Å². The number of imidazole rings is 1. The van der Waals surface area contributed by atoms with Gasteiger partial charge in [-0.25, -0.2) is 4.98 Å². The number of amides is 1. The Morgan fingerprint density at radius 1 is 1.12 bits per heavy atom. The Labute approximate surface area is 147 Å². The Kier molecular flexibility index (Phi) is 4.07. The number of aromatic nitrogens is 3. The van der Waals surface area contributed by atoms with Gasteiger partial charge in [-0.2, -0.15) is 0 Å². The Balaban J connectivity index is 1.40. The molecule has 1 aliphatic heterocycles. The van der Waals surface area contributed by atoms with Gasteiger partial charge in [0.1, 0.15) is 12.4 Å². The molecule has 0 aliphatic carbocycles. The topological polar surface area (TPSA) is 53.9 Å². The molecule has 1 aliphatic rings. The lowest BCUT2D eigenvalue weighted by Gasteiger charge is -2.31. The van der Waals surface area contributed by atoms with Crippen LogP contribution in [0.15, 0.2) is 36.4 Å². The molecule has 3 heterocycles. The quantitative estimate of drug-likeness (QED) is 0.797. The van der Waals surface area contributed by atoms with Crippen molar-refractivity contribution >= 4 is 16.9 Å². The Bertz CT molecular complexity index is 847. The minimum Gasteiger partial charge on any atom is -0.342 e. The number of benzene rings is 1. The van der Waals surface area contributed by atoms with Crippen LogP contribution in [0.1, 0.15) is 36.0 Å². The summed E-state index contributed by atoms with van der Waals surface area (Å²) in [6.07, 6.45) is 1.93. The van der Waals surface area contributed by atoms with Gasteiger partial charge >= 0.3 is 0 Å². The van der Waals surface area contributed by atoms with Crippen molar-refractivity contribution in [2.24, 2.45) is 0 Å². The van der Waals surface area contributed by atoms with Crippen LogP contribution < -0.4 is 0 Å². The van der Waals surface area contributed by atoms with E-state index in [1.807, 2.05) is 36.9 Å². The summed E-state index contributed by atoms with van der Waals surface area (Å²) >= 11 is 0. The molecule has 4 rings (SSSR count). The minimum absolute atomic E-state index is 0.213. The number of hydrogen-bond acceptors (Lipinski definition) is 2. The predicted octanol–water partition coefficient (Wildman–Crippen LogP) is 3.39. The summed E-state index contributed by atoms with van der Waals surface area (Å²) in [5.74, 6) is 1.68. The standard InChI is InChI=1S/C20H24N4O/c1-14-7-8-15(2)24(14)13-19(25)23-11-9-16(10-12-23)20-21-17-5-3-4-6-18(17)22-20/h3-8,16H,9-13H2,1-2H3,(H,21,22). The van der Waals surface area contributed by atoms with Crippen LogP contribution in [-0.2, 0) is 11.3 Å². The van der Waals surface area contributed by atoms with Crippen LogP contribution >= 0.6 is 0 Å². The second-order valence-electron chi connectivity index (χ2n) is 7.00. The van der Waals surface area contributed by atoms with Gasteiger partial charge in [0, 0.05) is 30.4 Å². The number of fused-ring (bicyclic) bond motifs is 1. The fourth-order valence-corrected chi connectivity index (χ4v) is 3.75. The molecule has 0 radical (unpaired) electrons. The molecule has 0 atom stereocenters. The first kappa shape index (κ1) is 15.9. The van der Waals surface area contributed by atoms with Gasteiger partial charge in [-0.15, -0.1) is 0 Å². The maximum Gasteiger partial charge on any atom is 0.242 e. The molecule has 0 spiro atoms. The highest BCUT2D eigenvalue weighted by molar-refractivity contribution is 5.76. The molecule has 1 N–H and O–H groups in total. The Morgan fingerprint density at radius 2 is 1.80 bits per heavy atom. The highest BCUT2D eigenvalue weighted by Gasteiger charge is 2.26. The van der Waals surface area contributed by atoms with Gasteiger partial charge in [-0.3, -0.25) is 4.79 Å².